The van der Waals surface area contributed by atoms with Crippen molar-refractivity contribution in [2.24, 2.45) is 0 Å². The van der Waals surface area contributed by atoms with Crippen LogP contribution in [0.5, 0.6) is 0 Å². The smallest absolute Gasteiger partial charge is 0.306 e. The summed E-state index contributed by atoms with van der Waals surface area (Å²) in [6.45, 7) is 4.47. The van der Waals surface area contributed by atoms with Gasteiger partial charge in [-0.05, 0) is 96.3 Å². The number of likely N-dealkylation sites (N-methyl/N-ethyl adjacent to an activating group) is 1. The van der Waals surface area contributed by atoms with Gasteiger partial charge in [-0.15, -0.1) is 0 Å². The van der Waals surface area contributed by atoms with Crippen molar-refractivity contribution in [1.29, 1.82) is 0 Å². The lowest BCUT2D eigenvalue weighted by Gasteiger charge is -2.26. The van der Waals surface area contributed by atoms with Crippen molar-refractivity contribution in [3.63, 3.8) is 0 Å². The first-order valence-electron chi connectivity index (χ1n) is 31.0. The molecular formula is C68H115NO8. The third-order valence-corrected chi connectivity index (χ3v) is 13.0. The van der Waals surface area contributed by atoms with E-state index in [1.165, 1.54) is 116 Å². The number of hydrogen-bond acceptors (Lipinski definition) is 8. The summed E-state index contributed by atoms with van der Waals surface area (Å²) in [5.41, 5.74) is 0. The third-order valence-electron chi connectivity index (χ3n) is 13.0. The van der Waals surface area contributed by atoms with Crippen molar-refractivity contribution in [1.82, 2.24) is 0 Å². The number of carboxylic acid groups (broad SMARTS) is 1. The number of quaternary nitrogens is 1. The molecule has 0 aliphatic heterocycles. The number of rotatable bonds is 56. The van der Waals surface area contributed by atoms with Crippen LogP contribution in [-0.4, -0.2) is 82.3 Å². The van der Waals surface area contributed by atoms with E-state index in [-0.39, 0.29) is 32.7 Å². The molecule has 0 saturated carbocycles. The second kappa shape index (κ2) is 58.1. The van der Waals surface area contributed by atoms with Crippen molar-refractivity contribution in [2.45, 2.75) is 257 Å². The van der Waals surface area contributed by atoms with E-state index in [2.05, 4.69) is 123 Å². The molecule has 0 saturated heterocycles. The molecule has 0 aliphatic carbocycles. The molecule has 0 aromatic carbocycles. The number of carbonyl (C=O) groups excluding carboxylic acids is 3. The molecule has 0 heterocycles. The molecule has 9 nitrogen and oxygen atoms in total. The number of esters is 2. The molecule has 2 unspecified atom stereocenters. The standard InChI is InChI=1S/C68H115NO8/c1-6-8-10-12-14-16-18-20-22-23-24-25-26-27-28-29-30-31-32-33-34-35-36-37-38-39-40-41-42-43-45-47-49-51-53-55-57-59-66(71)77-64(63-76-68(67(72)73)74-61-60-69(3,4)5)62-75-65(70)58-56-54-52-50-48-46-44-21-19-17-15-13-11-9-7-2/h8-11,14-17,20-22,24-25,27-28,44,48,50,64,68H,6-7,12-13,18-19,23,26,29-43,45-47,49,51-63H2,1-5H3/b10-8-,11-9-,16-14-,17-15-,22-20-,25-24-,28-27-,44-21-,50-48-. The van der Waals surface area contributed by atoms with Crippen molar-refractivity contribution in [3.8, 4) is 0 Å². The lowest BCUT2D eigenvalue weighted by molar-refractivity contribution is -0.870. The number of carboxylic acids is 1. The molecule has 0 aliphatic rings. The Morgan fingerprint density at radius 2 is 0.701 bits per heavy atom. The fourth-order valence-electron chi connectivity index (χ4n) is 8.32. The molecule has 440 valence electrons. The maximum Gasteiger partial charge on any atom is 0.306 e. The molecule has 0 amide bonds. The molecule has 77 heavy (non-hydrogen) atoms. The zero-order valence-corrected chi connectivity index (χ0v) is 50.0. The van der Waals surface area contributed by atoms with Crippen molar-refractivity contribution in [2.75, 3.05) is 47.5 Å². The molecule has 0 fully saturated rings. The van der Waals surface area contributed by atoms with E-state index in [0.717, 1.165) is 89.9 Å². The highest BCUT2D eigenvalue weighted by Crippen LogP contribution is 2.17. The zero-order valence-electron chi connectivity index (χ0n) is 50.0. The highest BCUT2D eigenvalue weighted by Gasteiger charge is 2.22. The Morgan fingerprint density at radius 3 is 1.06 bits per heavy atom. The molecule has 2 atom stereocenters. The van der Waals surface area contributed by atoms with Gasteiger partial charge in [0.05, 0.1) is 40.3 Å². The number of nitrogens with zero attached hydrogens (tertiary/aromatic N) is 1. The van der Waals surface area contributed by atoms with Gasteiger partial charge in [-0.3, -0.25) is 9.59 Å². The topological polar surface area (TPSA) is 111 Å². The molecule has 0 rings (SSSR count). The molecule has 0 bridgehead atoms. The molecule has 0 radical (unpaired) electrons. The Balaban J connectivity index is 4.06. The third kappa shape index (κ3) is 59.5. The SMILES string of the molecule is CC/C=C\C/C=C\C/C=C\C/C=C\C/C=C\CCCCCCCCCCCCCCCCCCCCCCCC(=O)OC(COC(=O)CCCC/C=C\C/C=C\C/C=C\C/C=C\CC)COC(OCC[N+](C)(C)C)C(=O)[O-]. The van der Waals surface area contributed by atoms with Gasteiger partial charge in [0.1, 0.15) is 13.2 Å². The first kappa shape index (κ1) is 73.0. The lowest BCUT2D eigenvalue weighted by Crippen LogP contribution is -2.44. The van der Waals surface area contributed by atoms with Crippen LogP contribution in [-0.2, 0) is 33.3 Å². The average molecular weight is 1070 g/mol. The van der Waals surface area contributed by atoms with E-state index in [9.17, 15) is 19.5 Å². The Morgan fingerprint density at radius 1 is 0.390 bits per heavy atom. The van der Waals surface area contributed by atoms with Crippen LogP contribution in [0.15, 0.2) is 109 Å². The maximum atomic E-state index is 12.9. The van der Waals surface area contributed by atoms with Gasteiger partial charge in [-0.25, -0.2) is 0 Å². The van der Waals surface area contributed by atoms with E-state index in [1.54, 1.807) is 0 Å². The van der Waals surface area contributed by atoms with E-state index >= 15 is 0 Å². The van der Waals surface area contributed by atoms with Crippen LogP contribution >= 0.6 is 0 Å². The molecular weight excluding hydrogens is 959 g/mol. The summed E-state index contributed by atoms with van der Waals surface area (Å²) in [5.74, 6) is -2.34. The Labute approximate surface area is 473 Å². The number of unbranched alkanes of at least 4 members (excludes halogenated alkanes) is 23. The van der Waals surface area contributed by atoms with Gasteiger partial charge in [0.25, 0.3) is 0 Å². The summed E-state index contributed by atoms with van der Waals surface area (Å²) < 4.78 is 22.6. The Kier molecular flexibility index (Phi) is 55.1. The maximum absolute atomic E-state index is 12.9. The molecule has 0 spiro atoms. The van der Waals surface area contributed by atoms with Crippen LogP contribution in [0.25, 0.3) is 0 Å². The van der Waals surface area contributed by atoms with Crippen LogP contribution in [0.4, 0.5) is 0 Å². The second-order valence-electron chi connectivity index (χ2n) is 21.6. The average Bonchev–Trinajstić information content (AvgIpc) is 3.40. The lowest BCUT2D eigenvalue weighted by atomic mass is 10.0. The highest BCUT2D eigenvalue weighted by molar-refractivity contribution is 5.70. The number of aliphatic carboxylic acids is 1. The minimum Gasteiger partial charge on any atom is -0.545 e. The van der Waals surface area contributed by atoms with Gasteiger partial charge >= 0.3 is 11.9 Å². The highest BCUT2D eigenvalue weighted by atomic mass is 16.7. The fraction of sp³-hybridized carbons (Fsp3) is 0.691. The number of hydrogen-bond donors (Lipinski definition) is 0. The first-order valence-corrected chi connectivity index (χ1v) is 31.0. The fourth-order valence-corrected chi connectivity index (χ4v) is 8.32. The number of ether oxygens (including phenoxy) is 4. The number of carbonyl (C=O) groups is 3. The van der Waals surface area contributed by atoms with Gasteiger partial charge in [-0.1, -0.05) is 245 Å². The van der Waals surface area contributed by atoms with Gasteiger partial charge in [0.2, 0.25) is 0 Å². The quantitative estimate of drug-likeness (QED) is 0.0195. The van der Waals surface area contributed by atoms with Gasteiger partial charge in [0.15, 0.2) is 12.4 Å². The van der Waals surface area contributed by atoms with Crippen molar-refractivity contribution < 1.29 is 42.9 Å². The summed E-state index contributed by atoms with van der Waals surface area (Å²) in [6.07, 6.45) is 77.5. The van der Waals surface area contributed by atoms with Crippen molar-refractivity contribution >= 4 is 17.9 Å². The zero-order chi connectivity index (χ0) is 56.2. The minimum absolute atomic E-state index is 0.138. The predicted molar refractivity (Wildman–Crippen MR) is 324 cm³/mol. The normalized spacial score (nSPS) is 13.5. The summed E-state index contributed by atoms with van der Waals surface area (Å²) in [4.78, 5) is 37.3. The van der Waals surface area contributed by atoms with Crippen LogP contribution in [0.3, 0.4) is 0 Å². The van der Waals surface area contributed by atoms with Crippen LogP contribution in [0, 0.1) is 0 Å². The van der Waals surface area contributed by atoms with Gasteiger partial charge in [-0.2, -0.15) is 0 Å². The summed E-state index contributed by atoms with van der Waals surface area (Å²) in [6, 6.07) is 0. The molecule has 9 heteroatoms. The van der Waals surface area contributed by atoms with Crippen LogP contribution in [0.2, 0.25) is 0 Å². The Bertz CT molecular complexity index is 1630. The summed E-state index contributed by atoms with van der Waals surface area (Å²) in [5, 5.41) is 11.8. The summed E-state index contributed by atoms with van der Waals surface area (Å²) in [7, 11) is 5.91. The first-order chi connectivity index (χ1) is 37.6. The molecule has 0 N–H and O–H groups in total. The predicted octanol–water partition coefficient (Wildman–Crippen LogP) is 17.3. The van der Waals surface area contributed by atoms with Crippen molar-refractivity contribution in [3.05, 3.63) is 109 Å². The van der Waals surface area contributed by atoms with Crippen LogP contribution < -0.4 is 5.11 Å². The monoisotopic (exact) mass is 1070 g/mol. The van der Waals surface area contributed by atoms with E-state index in [1.807, 2.05) is 21.1 Å². The van der Waals surface area contributed by atoms with Gasteiger partial charge < -0.3 is 33.3 Å². The molecule has 0 aromatic heterocycles. The van der Waals surface area contributed by atoms with E-state index < -0.39 is 30.3 Å². The van der Waals surface area contributed by atoms with E-state index in [4.69, 9.17) is 18.9 Å². The van der Waals surface area contributed by atoms with Crippen LogP contribution in [0.1, 0.15) is 245 Å². The molecule has 0 aromatic rings. The summed E-state index contributed by atoms with van der Waals surface area (Å²) >= 11 is 0. The minimum atomic E-state index is -1.63. The Hall–Kier alpha value is -4.05. The number of allylic oxidation sites excluding steroid dienone is 18. The van der Waals surface area contributed by atoms with Gasteiger partial charge in [0, 0.05) is 12.8 Å². The van der Waals surface area contributed by atoms with E-state index in [0.29, 0.717) is 23.9 Å². The second-order valence-corrected chi connectivity index (χ2v) is 21.6. The largest absolute Gasteiger partial charge is 0.545 e.